The fourth-order valence-electron chi connectivity index (χ4n) is 3.10. The average molecular weight is 478 g/mol. The van der Waals surface area contributed by atoms with Crippen molar-refractivity contribution in [1.29, 1.82) is 0 Å². The second-order valence-corrected chi connectivity index (χ2v) is 9.28. The highest BCUT2D eigenvalue weighted by molar-refractivity contribution is 7.99. The molecule has 0 radical (unpaired) electrons. The van der Waals surface area contributed by atoms with Gasteiger partial charge >= 0.3 is 0 Å². The van der Waals surface area contributed by atoms with Crippen molar-refractivity contribution in [1.82, 2.24) is 9.55 Å². The molecule has 1 amide bonds. The van der Waals surface area contributed by atoms with Gasteiger partial charge in [0.1, 0.15) is 4.70 Å². The minimum atomic E-state index is -0.237. The molecule has 0 aliphatic heterocycles. The number of hydrogen-bond acceptors (Lipinski definition) is 8. The van der Waals surface area contributed by atoms with Crippen LogP contribution in [-0.2, 0) is 11.3 Å². The van der Waals surface area contributed by atoms with Crippen molar-refractivity contribution in [2.75, 3.05) is 32.4 Å². The Hall–Kier alpha value is -2.72. The lowest BCUT2D eigenvalue weighted by Crippen LogP contribution is -2.24. The summed E-state index contributed by atoms with van der Waals surface area (Å²) in [5.41, 5.74) is 1.12. The van der Waals surface area contributed by atoms with Crippen LogP contribution in [0.3, 0.4) is 0 Å². The van der Waals surface area contributed by atoms with Crippen LogP contribution in [0.2, 0.25) is 0 Å². The van der Waals surface area contributed by atoms with Crippen LogP contribution in [0, 0.1) is 5.92 Å². The van der Waals surface area contributed by atoms with E-state index < -0.39 is 0 Å². The summed E-state index contributed by atoms with van der Waals surface area (Å²) in [4.78, 5) is 30.2. The zero-order chi connectivity index (χ0) is 23.3. The van der Waals surface area contributed by atoms with Crippen molar-refractivity contribution in [3.63, 3.8) is 0 Å². The summed E-state index contributed by atoms with van der Waals surface area (Å²) in [6, 6.07) is 5.16. The van der Waals surface area contributed by atoms with Gasteiger partial charge in [-0.1, -0.05) is 25.6 Å². The number of rotatable bonds is 10. The van der Waals surface area contributed by atoms with Crippen LogP contribution in [0.1, 0.15) is 20.3 Å². The van der Waals surface area contributed by atoms with Gasteiger partial charge in [-0.25, -0.2) is 4.98 Å². The molecule has 172 valence electrons. The molecule has 0 saturated heterocycles. The quantitative estimate of drug-likeness (QED) is 0.345. The van der Waals surface area contributed by atoms with Crippen LogP contribution in [0.15, 0.2) is 33.5 Å². The zero-order valence-electron chi connectivity index (χ0n) is 18.8. The Labute approximate surface area is 194 Å². The number of benzene rings is 1. The molecular weight excluding hydrogens is 450 g/mol. The largest absolute Gasteiger partial charge is 0.493 e. The molecule has 0 spiro atoms. The van der Waals surface area contributed by atoms with E-state index in [1.807, 2.05) is 11.4 Å². The van der Waals surface area contributed by atoms with Crippen molar-refractivity contribution in [3.05, 3.63) is 33.9 Å². The van der Waals surface area contributed by atoms with Crippen molar-refractivity contribution >= 4 is 44.9 Å². The van der Waals surface area contributed by atoms with Gasteiger partial charge in [-0.2, -0.15) is 0 Å². The normalized spacial score (nSPS) is 11.1. The molecule has 0 aliphatic carbocycles. The Balaban J connectivity index is 1.79. The number of aromatic nitrogens is 2. The van der Waals surface area contributed by atoms with Gasteiger partial charge in [0, 0.05) is 24.4 Å². The number of carbonyl (C=O) groups excluding carboxylic acids is 1. The van der Waals surface area contributed by atoms with Crippen LogP contribution in [0.25, 0.3) is 10.2 Å². The van der Waals surface area contributed by atoms with Gasteiger partial charge in [0.25, 0.3) is 5.56 Å². The molecule has 0 unspecified atom stereocenters. The molecule has 1 N–H and O–H groups in total. The summed E-state index contributed by atoms with van der Waals surface area (Å²) in [7, 11) is 4.55. The highest BCUT2D eigenvalue weighted by Crippen LogP contribution is 2.40. The van der Waals surface area contributed by atoms with E-state index in [2.05, 4.69) is 24.1 Å². The molecule has 32 heavy (non-hydrogen) atoms. The van der Waals surface area contributed by atoms with Gasteiger partial charge < -0.3 is 19.5 Å². The van der Waals surface area contributed by atoms with Crippen LogP contribution in [0.5, 0.6) is 17.2 Å². The molecule has 0 aliphatic rings. The first-order valence-corrected chi connectivity index (χ1v) is 11.9. The average Bonchev–Trinajstić information content (AvgIpc) is 3.25. The number of thioether (sulfide) groups is 1. The zero-order valence-corrected chi connectivity index (χ0v) is 20.4. The number of nitrogens with zero attached hydrogens (tertiary/aromatic N) is 2. The number of anilines is 1. The molecule has 3 rings (SSSR count). The maximum atomic E-state index is 12.9. The number of hydrogen-bond donors (Lipinski definition) is 1. The van der Waals surface area contributed by atoms with E-state index in [1.54, 1.807) is 16.7 Å². The van der Waals surface area contributed by atoms with Crippen LogP contribution in [0.4, 0.5) is 5.69 Å². The van der Waals surface area contributed by atoms with E-state index in [0.29, 0.717) is 50.8 Å². The molecule has 0 saturated carbocycles. The SMILES string of the molecule is COc1cc(NC(=O)CSc2nc3ccsc3c(=O)n2CCC(C)C)cc(OC)c1OC. The summed E-state index contributed by atoms with van der Waals surface area (Å²) in [5.74, 6) is 1.65. The third-order valence-electron chi connectivity index (χ3n) is 4.74. The number of methoxy groups -OCH3 is 3. The van der Waals surface area contributed by atoms with Crippen molar-refractivity contribution in [2.45, 2.75) is 32.0 Å². The van der Waals surface area contributed by atoms with E-state index in [9.17, 15) is 9.59 Å². The predicted molar refractivity (Wildman–Crippen MR) is 129 cm³/mol. The monoisotopic (exact) mass is 477 g/mol. The minimum absolute atomic E-state index is 0.0572. The minimum Gasteiger partial charge on any atom is -0.493 e. The Morgan fingerprint density at radius 3 is 2.47 bits per heavy atom. The van der Waals surface area contributed by atoms with Gasteiger partial charge in [-0.3, -0.25) is 14.2 Å². The van der Waals surface area contributed by atoms with Gasteiger partial charge in [0.15, 0.2) is 16.7 Å². The van der Waals surface area contributed by atoms with E-state index in [1.165, 1.54) is 44.4 Å². The van der Waals surface area contributed by atoms with E-state index in [0.717, 1.165) is 6.42 Å². The highest BCUT2D eigenvalue weighted by atomic mass is 32.2. The number of thiophene rings is 1. The molecule has 8 nitrogen and oxygen atoms in total. The number of fused-ring (bicyclic) bond motifs is 1. The summed E-state index contributed by atoms with van der Waals surface area (Å²) in [6.45, 7) is 4.79. The maximum absolute atomic E-state index is 12.9. The van der Waals surface area contributed by atoms with Crippen molar-refractivity contribution < 1.29 is 19.0 Å². The molecule has 1 aromatic carbocycles. The third kappa shape index (κ3) is 5.36. The smallest absolute Gasteiger partial charge is 0.272 e. The Morgan fingerprint density at radius 1 is 1.19 bits per heavy atom. The van der Waals surface area contributed by atoms with Crippen LogP contribution < -0.4 is 25.1 Å². The first-order valence-electron chi connectivity index (χ1n) is 10.1. The first kappa shape index (κ1) is 23.9. The lowest BCUT2D eigenvalue weighted by atomic mass is 10.1. The summed E-state index contributed by atoms with van der Waals surface area (Å²) < 4.78 is 18.3. The van der Waals surface area contributed by atoms with Crippen LogP contribution >= 0.6 is 23.1 Å². The maximum Gasteiger partial charge on any atom is 0.272 e. The lowest BCUT2D eigenvalue weighted by molar-refractivity contribution is -0.113. The Morgan fingerprint density at radius 2 is 1.88 bits per heavy atom. The number of ether oxygens (including phenoxy) is 3. The molecule has 0 fully saturated rings. The van der Waals surface area contributed by atoms with Gasteiger partial charge in [-0.05, 0) is 23.8 Å². The standard InChI is InChI=1S/C22H27N3O5S2/c1-13(2)6-8-25-21(27)20-15(7-9-31-20)24-22(25)32-12-18(26)23-14-10-16(28-3)19(30-5)17(11-14)29-4/h7,9-11,13H,6,8,12H2,1-5H3,(H,23,26). The molecule has 2 aromatic heterocycles. The number of amides is 1. The fourth-order valence-corrected chi connectivity index (χ4v) is 4.70. The molecular formula is C22H27N3O5S2. The predicted octanol–water partition coefficient (Wildman–Crippen LogP) is 4.26. The summed E-state index contributed by atoms with van der Waals surface area (Å²) in [5, 5.41) is 5.24. The van der Waals surface area contributed by atoms with Gasteiger partial charge in [-0.15, -0.1) is 11.3 Å². The van der Waals surface area contributed by atoms with Crippen molar-refractivity contribution in [2.24, 2.45) is 5.92 Å². The molecule has 0 bridgehead atoms. The Kier molecular flexibility index (Phi) is 8.03. The molecule has 2 heterocycles. The topological polar surface area (TPSA) is 91.7 Å². The van der Waals surface area contributed by atoms with E-state index in [4.69, 9.17) is 14.2 Å². The number of carbonyl (C=O) groups is 1. The fraction of sp³-hybridized carbons (Fsp3) is 0.409. The van der Waals surface area contributed by atoms with E-state index in [-0.39, 0.29) is 17.2 Å². The van der Waals surface area contributed by atoms with Gasteiger partial charge in [0.2, 0.25) is 11.7 Å². The molecule has 0 atom stereocenters. The first-order chi connectivity index (χ1) is 15.4. The van der Waals surface area contributed by atoms with Gasteiger partial charge in [0.05, 0.1) is 32.6 Å². The second-order valence-electron chi connectivity index (χ2n) is 7.42. The Bertz CT molecular complexity index is 1130. The molecule has 10 heteroatoms. The summed E-state index contributed by atoms with van der Waals surface area (Å²) >= 11 is 2.63. The number of nitrogens with one attached hydrogen (secondary N) is 1. The van der Waals surface area contributed by atoms with Crippen LogP contribution in [-0.4, -0.2) is 42.5 Å². The third-order valence-corrected chi connectivity index (χ3v) is 6.61. The molecule has 3 aromatic rings. The summed E-state index contributed by atoms with van der Waals surface area (Å²) in [6.07, 6.45) is 0.851. The van der Waals surface area contributed by atoms with Crippen molar-refractivity contribution in [3.8, 4) is 17.2 Å². The van der Waals surface area contributed by atoms with E-state index >= 15 is 0 Å². The second kappa shape index (κ2) is 10.7. The highest BCUT2D eigenvalue weighted by Gasteiger charge is 2.17. The lowest BCUT2D eigenvalue weighted by Gasteiger charge is -2.15.